The highest BCUT2D eigenvalue weighted by atomic mass is 19.3. The first-order valence-electron chi connectivity index (χ1n) is 4.64. The summed E-state index contributed by atoms with van der Waals surface area (Å²) >= 11 is 0. The van der Waals surface area contributed by atoms with Crippen molar-refractivity contribution < 1.29 is 18.3 Å². The maximum Gasteiger partial charge on any atom is 0.261 e. The van der Waals surface area contributed by atoms with Crippen molar-refractivity contribution in [2.75, 3.05) is 19.8 Å². The average Bonchev–Trinajstić information content (AvgIpc) is 2.64. The normalized spacial score (nSPS) is 18.1. The van der Waals surface area contributed by atoms with Crippen LogP contribution in [0.4, 0.5) is 8.78 Å². The number of hydrogen-bond donors (Lipinski definition) is 1. The molecule has 2 N–H and O–H groups in total. The van der Waals surface area contributed by atoms with Crippen molar-refractivity contribution in [2.24, 2.45) is 5.73 Å². The van der Waals surface area contributed by atoms with Crippen LogP contribution in [0.3, 0.4) is 0 Å². The summed E-state index contributed by atoms with van der Waals surface area (Å²) in [5, 5.41) is 0. The first-order valence-corrected chi connectivity index (χ1v) is 4.64. The van der Waals surface area contributed by atoms with Crippen molar-refractivity contribution in [2.45, 2.75) is 25.3 Å². The van der Waals surface area contributed by atoms with E-state index in [0.717, 1.165) is 12.2 Å². The van der Waals surface area contributed by atoms with E-state index in [1.807, 2.05) is 6.08 Å². The summed E-state index contributed by atoms with van der Waals surface area (Å²) in [7, 11) is 0. The van der Waals surface area contributed by atoms with Crippen LogP contribution in [0.25, 0.3) is 0 Å². The lowest BCUT2D eigenvalue weighted by Gasteiger charge is -2.12. The van der Waals surface area contributed by atoms with E-state index >= 15 is 0 Å². The second kappa shape index (κ2) is 5.93. The molecule has 0 aromatic heterocycles. The molecule has 0 aromatic rings. The summed E-state index contributed by atoms with van der Waals surface area (Å²) in [5.74, 6) is 0.755. The van der Waals surface area contributed by atoms with Crippen LogP contribution in [0, 0.1) is 0 Å². The van der Waals surface area contributed by atoms with Gasteiger partial charge in [0.1, 0.15) is 12.4 Å². The number of halogens is 2. The summed E-state index contributed by atoms with van der Waals surface area (Å²) in [4.78, 5) is 0. The van der Waals surface area contributed by atoms with E-state index < -0.39 is 13.0 Å². The second-order valence-electron chi connectivity index (χ2n) is 3.10. The van der Waals surface area contributed by atoms with Gasteiger partial charge in [-0.2, -0.15) is 0 Å². The molecular formula is C9H15F2NO2. The monoisotopic (exact) mass is 207 g/mol. The van der Waals surface area contributed by atoms with Crippen LogP contribution in [0.5, 0.6) is 0 Å². The van der Waals surface area contributed by atoms with Gasteiger partial charge in [0, 0.05) is 13.0 Å². The van der Waals surface area contributed by atoms with Gasteiger partial charge in [0.2, 0.25) is 0 Å². The molecule has 0 saturated heterocycles. The van der Waals surface area contributed by atoms with Gasteiger partial charge in [-0.1, -0.05) is 0 Å². The SMILES string of the molecule is NC(CCOCC(F)F)C1=CCCO1. The van der Waals surface area contributed by atoms with Crippen LogP contribution >= 0.6 is 0 Å². The van der Waals surface area contributed by atoms with Crippen molar-refractivity contribution in [3.63, 3.8) is 0 Å². The van der Waals surface area contributed by atoms with Gasteiger partial charge in [0.05, 0.1) is 12.6 Å². The topological polar surface area (TPSA) is 44.5 Å². The maximum atomic E-state index is 11.7. The molecule has 1 unspecified atom stereocenters. The van der Waals surface area contributed by atoms with Gasteiger partial charge in [0.15, 0.2) is 0 Å². The summed E-state index contributed by atoms with van der Waals surface area (Å²) in [6, 6.07) is -0.227. The molecule has 0 spiro atoms. The molecule has 82 valence electrons. The quantitative estimate of drug-likeness (QED) is 0.667. The Balaban J connectivity index is 2.06. The zero-order valence-electron chi connectivity index (χ0n) is 7.92. The summed E-state index contributed by atoms with van der Waals surface area (Å²) in [5.41, 5.74) is 5.74. The highest BCUT2D eigenvalue weighted by molar-refractivity contribution is 5.05. The molecule has 1 rings (SSSR count). The van der Waals surface area contributed by atoms with Crippen LogP contribution in [0.15, 0.2) is 11.8 Å². The van der Waals surface area contributed by atoms with Gasteiger partial charge >= 0.3 is 0 Å². The van der Waals surface area contributed by atoms with Gasteiger partial charge < -0.3 is 15.2 Å². The number of ether oxygens (including phenoxy) is 2. The molecule has 0 radical (unpaired) electrons. The molecule has 3 nitrogen and oxygen atoms in total. The lowest BCUT2D eigenvalue weighted by molar-refractivity contribution is 0.0149. The van der Waals surface area contributed by atoms with E-state index in [2.05, 4.69) is 0 Å². The Kier molecular flexibility index (Phi) is 4.82. The fraction of sp³-hybridized carbons (Fsp3) is 0.778. The lowest BCUT2D eigenvalue weighted by atomic mass is 10.2. The minimum absolute atomic E-state index is 0.227. The fourth-order valence-corrected chi connectivity index (χ4v) is 1.22. The van der Waals surface area contributed by atoms with Crippen LogP contribution in [0.2, 0.25) is 0 Å². The van der Waals surface area contributed by atoms with Crippen LogP contribution < -0.4 is 5.73 Å². The summed E-state index contributed by atoms with van der Waals surface area (Å²) in [6.07, 6.45) is 0.908. The van der Waals surface area contributed by atoms with E-state index in [1.54, 1.807) is 0 Å². The molecular weight excluding hydrogens is 192 g/mol. The average molecular weight is 207 g/mol. The Bertz CT molecular complexity index is 197. The molecule has 0 aromatic carbocycles. The molecule has 0 bridgehead atoms. The number of nitrogens with two attached hydrogens (primary N) is 1. The molecule has 0 aliphatic carbocycles. The van der Waals surface area contributed by atoms with Gasteiger partial charge in [-0.15, -0.1) is 0 Å². The molecule has 1 atom stereocenters. The van der Waals surface area contributed by atoms with Gasteiger partial charge in [0.25, 0.3) is 6.43 Å². The Morgan fingerprint density at radius 3 is 2.93 bits per heavy atom. The molecule has 0 saturated carbocycles. The maximum absolute atomic E-state index is 11.7. The van der Waals surface area contributed by atoms with E-state index in [4.69, 9.17) is 15.2 Å². The smallest absolute Gasteiger partial charge is 0.261 e. The van der Waals surface area contributed by atoms with Gasteiger partial charge in [-0.3, -0.25) is 0 Å². The first-order chi connectivity index (χ1) is 6.70. The van der Waals surface area contributed by atoms with E-state index in [9.17, 15) is 8.78 Å². The van der Waals surface area contributed by atoms with E-state index in [0.29, 0.717) is 13.0 Å². The predicted molar refractivity (Wildman–Crippen MR) is 48.1 cm³/mol. The zero-order chi connectivity index (χ0) is 10.4. The molecule has 14 heavy (non-hydrogen) atoms. The van der Waals surface area contributed by atoms with Crippen LogP contribution in [0.1, 0.15) is 12.8 Å². The third-order valence-electron chi connectivity index (χ3n) is 1.91. The molecule has 1 heterocycles. The third kappa shape index (κ3) is 4.02. The summed E-state index contributed by atoms with van der Waals surface area (Å²) in [6.45, 7) is 0.389. The zero-order valence-corrected chi connectivity index (χ0v) is 7.92. The highest BCUT2D eigenvalue weighted by Gasteiger charge is 2.14. The lowest BCUT2D eigenvalue weighted by Crippen LogP contribution is -2.25. The fourth-order valence-electron chi connectivity index (χ4n) is 1.22. The van der Waals surface area contributed by atoms with Gasteiger partial charge in [-0.25, -0.2) is 8.78 Å². The number of alkyl halides is 2. The van der Waals surface area contributed by atoms with Crippen molar-refractivity contribution in [3.05, 3.63) is 11.8 Å². The van der Waals surface area contributed by atoms with E-state index in [-0.39, 0.29) is 12.6 Å². The first kappa shape index (κ1) is 11.4. The minimum atomic E-state index is -2.41. The van der Waals surface area contributed by atoms with Crippen molar-refractivity contribution in [1.82, 2.24) is 0 Å². The molecule has 5 heteroatoms. The van der Waals surface area contributed by atoms with Crippen LogP contribution in [-0.4, -0.2) is 32.3 Å². The largest absolute Gasteiger partial charge is 0.496 e. The Morgan fingerprint density at radius 1 is 1.57 bits per heavy atom. The number of hydrogen-bond acceptors (Lipinski definition) is 3. The number of rotatable bonds is 6. The molecule has 1 aliphatic rings. The molecule has 0 fully saturated rings. The van der Waals surface area contributed by atoms with Gasteiger partial charge in [-0.05, 0) is 12.5 Å². The standard InChI is InChI=1S/C9H15F2NO2/c10-9(11)6-13-5-3-7(12)8-2-1-4-14-8/h2,7,9H,1,3-6,12H2. The Labute approximate surface area is 81.9 Å². The molecule has 1 aliphatic heterocycles. The Hall–Kier alpha value is -0.680. The third-order valence-corrected chi connectivity index (χ3v) is 1.91. The summed E-state index contributed by atoms with van der Waals surface area (Å²) < 4.78 is 33.3. The molecule has 0 amide bonds. The van der Waals surface area contributed by atoms with Crippen molar-refractivity contribution in [1.29, 1.82) is 0 Å². The van der Waals surface area contributed by atoms with Crippen molar-refractivity contribution in [3.8, 4) is 0 Å². The predicted octanol–water partition coefficient (Wildman–Crippen LogP) is 1.29. The second-order valence-corrected chi connectivity index (χ2v) is 3.10. The Morgan fingerprint density at radius 2 is 2.36 bits per heavy atom. The minimum Gasteiger partial charge on any atom is -0.496 e. The van der Waals surface area contributed by atoms with E-state index in [1.165, 1.54) is 0 Å². The van der Waals surface area contributed by atoms with Crippen LogP contribution in [-0.2, 0) is 9.47 Å². The highest BCUT2D eigenvalue weighted by Crippen LogP contribution is 2.14. The van der Waals surface area contributed by atoms with Crippen molar-refractivity contribution >= 4 is 0 Å².